The van der Waals surface area contributed by atoms with Crippen molar-refractivity contribution in [2.45, 2.75) is 19.3 Å². The van der Waals surface area contributed by atoms with Gasteiger partial charge in [0.25, 0.3) is 0 Å². The quantitative estimate of drug-likeness (QED) is 0.286. The van der Waals surface area contributed by atoms with Gasteiger partial charge >= 0.3 is 200 Å². The summed E-state index contributed by atoms with van der Waals surface area (Å²) in [6.45, 7) is 4.45. The Kier molecular flexibility index (Phi) is 5.16. The molecule has 33 heavy (non-hydrogen) atoms. The minimum absolute atomic E-state index is 0.166. The van der Waals surface area contributed by atoms with Crippen molar-refractivity contribution in [3.63, 3.8) is 0 Å². The second-order valence-corrected chi connectivity index (χ2v) is 10.6. The van der Waals surface area contributed by atoms with Crippen molar-refractivity contribution in [3.8, 4) is 0 Å². The Morgan fingerprint density at radius 3 is 2.15 bits per heavy atom. The molecule has 0 radical (unpaired) electrons. The average molecular weight is 521 g/mol. The fourth-order valence-corrected chi connectivity index (χ4v) is 6.13. The molecule has 5 rings (SSSR count). The summed E-state index contributed by atoms with van der Waals surface area (Å²) in [6.07, 6.45) is 1.73. The van der Waals surface area contributed by atoms with E-state index in [-0.39, 0.29) is 22.8 Å². The molecular weight excluding hydrogens is 497 g/mol. The second kappa shape index (κ2) is 7.80. The summed E-state index contributed by atoms with van der Waals surface area (Å²) < 4.78 is 0.499. The molecule has 166 valence electrons. The number of thiophene rings is 1. The number of para-hydroxylation sites is 2. The molecule has 2 aromatic carbocycles. The molecule has 0 saturated carbocycles. The van der Waals surface area contributed by atoms with Crippen LogP contribution in [0.3, 0.4) is 0 Å². The van der Waals surface area contributed by atoms with Crippen molar-refractivity contribution in [1.29, 1.82) is 0 Å². The number of carbonyl (C=O) groups excluding carboxylic acids is 2. The van der Waals surface area contributed by atoms with Gasteiger partial charge in [0.15, 0.2) is 0 Å². The van der Waals surface area contributed by atoms with E-state index in [1.807, 2.05) is 18.2 Å². The van der Waals surface area contributed by atoms with Gasteiger partial charge in [-0.1, -0.05) is 6.07 Å². The number of hydrogen-bond acceptors (Lipinski definition) is 4. The maximum absolute atomic E-state index is 12.9. The van der Waals surface area contributed by atoms with Crippen LogP contribution in [0.2, 0.25) is 0 Å². The van der Waals surface area contributed by atoms with Crippen LogP contribution in [0.15, 0.2) is 66.2 Å². The van der Waals surface area contributed by atoms with Crippen LogP contribution >= 0.6 is 11.3 Å². The van der Waals surface area contributed by atoms with Crippen LogP contribution < -0.4 is 4.90 Å². The number of nitrogens with zero attached hydrogens (tertiary/aromatic N) is 3. The molecule has 1 saturated heterocycles. The van der Waals surface area contributed by atoms with Crippen molar-refractivity contribution in [3.05, 3.63) is 82.2 Å². The molecule has 1 aromatic heterocycles. The van der Waals surface area contributed by atoms with Gasteiger partial charge in [-0.2, -0.15) is 0 Å². The van der Waals surface area contributed by atoms with Gasteiger partial charge in [-0.25, -0.2) is 0 Å². The number of carbonyl (C=O) groups is 2. The molecule has 3 heterocycles. The number of hydrogen-bond donors (Lipinski definition) is 0. The predicted octanol–water partition coefficient (Wildman–Crippen LogP) is 4.43. The van der Waals surface area contributed by atoms with Gasteiger partial charge in [0.2, 0.25) is 0 Å². The standard InChI is InChI=1S/C26H23N3O2SSe/c1-26(2)19-12-8-9-13-21(19)29(16-10-6-5-7-11-16)24-20(26)15-17(32-24)14-18-22(30)27(3)25(33)28(4)23(18)31/h5-15H,1-4H3. The predicted molar refractivity (Wildman–Crippen MR) is 135 cm³/mol. The summed E-state index contributed by atoms with van der Waals surface area (Å²) in [4.78, 5) is 31.9. The van der Waals surface area contributed by atoms with Crippen molar-refractivity contribution >= 4 is 65.8 Å². The number of amides is 2. The van der Waals surface area contributed by atoms with E-state index in [1.54, 1.807) is 31.5 Å². The van der Waals surface area contributed by atoms with Crippen LogP contribution in [0.1, 0.15) is 29.9 Å². The first-order valence-corrected chi connectivity index (χ1v) is 12.3. The average Bonchev–Trinajstić information content (AvgIpc) is 3.25. The Morgan fingerprint density at radius 2 is 1.48 bits per heavy atom. The van der Waals surface area contributed by atoms with Crippen LogP contribution in [0.25, 0.3) is 6.08 Å². The molecule has 2 aliphatic heterocycles. The van der Waals surface area contributed by atoms with E-state index in [9.17, 15) is 9.59 Å². The number of benzene rings is 2. The Bertz CT molecular complexity index is 1320. The Hall–Kier alpha value is -2.99. The monoisotopic (exact) mass is 521 g/mol. The van der Waals surface area contributed by atoms with Gasteiger partial charge in [-0.15, -0.1) is 0 Å². The van der Waals surface area contributed by atoms with Gasteiger partial charge in [0.05, 0.1) is 0 Å². The summed E-state index contributed by atoms with van der Waals surface area (Å²) in [5.41, 5.74) is 4.58. The van der Waals surface area contributed by atoms with Crippen molar-refractivity contribution < 1.29 is 9.59 Å². The van der Waals surface area contributed by atoms with E-state index in [4.69, 9.17) is 0 Å². The zero-order valence-electron chi connectivity index (χ0n) is 18.8. The molecule has 5 nitrogen and oxygen atoms in total. The number of rotatable bonds is 2. The first kappa shape index (κ1) is 21.8. The first-order chi connectivity index (χ1) is 15.7. The van der Waals surface area contributed by atoms with Crippen LogP contribution in [-0.2, 0) is 15.0 Å². The fourth-order valence-electron chi connectivity index (χ4n) is 4.49. The first-order valence-electron chi connectivity index (χ1n) is 10.6. The van der Waals surface area contributed by atoms with Crippen LogP contribution in [0, 0.1) is 0 Å². The fraction of sp³-hybridized carbons (Fsp3) is 0.192. The molecular formula is C26H23N3O2SSe. The zero-order valence-corrected chi connectivity index (χ0v) is 21.4. The molecule has 0 atom stereocenters. The van der Waals surface area contributed by atoms with E-state index >= 15 is 0 Å². The minimum atomic E-state index is -0.305. The number of likely N-dealkylation sites (N-methyl/N-ethyl adjacent to an activating group) is 2. The topological polar surface area (TPSA) is 43.9 Å². The van der Waals surface area contributed by atoms with Gasteiger partial charge in [-0.3, -0.25) is 0 Å². The van der Waals surface area contributed by atoms with E-state index < -0.39 is 0 Å². The van der Waals surface area contributed by atoms with Crippen molar-refractivity contribution in [2.24, 2.45) is 0 Å². The third-order valence-corrected chi connectivity index (χ3v) is 8.59. The molecule has 1 fully saturated rings. The Balaban J connectivity index is 1.69. The van der Waals surface area contributed by atoms with Gasteiger partial charge < -0.3 is 0 Å². The molecule has 0 spiro atoms. The molecule has 2 amide bonds. The van der Waals surface area contributed by atoms with E-state index in [2.05, 4.69) is 76.8 Å². The number of fused-ring (bicyclic) bond motifs is 2. The SMILES string of the molecule is CN1C(=O)C(=Cc2cc3c(s2)N(c2ccccc2)c2ccccc2C3(C)C)C(=O)N(C)C1=[Se]. The summed E-state index contributed by atoms with van der Waals surface area (Å²) in [5.74, 6) is -0.610. The molecule has 0 bridgehead atoms. The second-order valence-electron chi connectivity index (χ2n) is 8.75. The van der Waals surface area contributed by atoms with Crippen LogP contribution in [0.4, 0.5) is 16.4 Å². The van der Waals surface area contributed by atoms with E-state index in [0.717, 1.165) is 21.3 Å². The third-order valence-electron chi connectivity index (χ3n) is 6.37. The third kappa shape index (κ3) is 3.31. The van der Waals surface area contributed by atoms with Crippen molar-refractivity contribution in [1.82, 2.24) is 9.80 Å². The summed E-state index contributed by atoms with van der Waals surface area (Å²) >= 11 is 4.40. The molecule has 3 aromatic rings. The maximum atomic E-state index is 12.9. The van der Waals surface area contributed by atoms with Crippen LogP contribution in [0.5, 0.6) is 0 Å². The molecule has 0 aliphatic carbocycles. The van der Waals surface area contributed by atoms with Crippen molar-refractivity contribution in [2.75, 3.05) is 19.0 Å². The normalized spacial score (nSPS) is 17.3. The van der Waals surface area contributed by atoms with Gasteiger partial charge in [-0.05, 0) is 0 Å². The van der Waals surface area contributed by atoms with Gasteiger partial charge in [0.1, 0.15) is 0 Å². The zero-order chi connectivity index (χ0) is 23.5. The summed E-state index contributed by atoms with van der Waals surface area (Å²) in [5, 5.41) is 1.10. The Morgan fingerprint density at radius 1 is 0.879 bits per heavy atom. The summed E-state index contributed by atoms with van der Waals surface area (Å²) in [6, 6.07) is 20.9. The molecule has 7 heteroatoms. The number of anilines is 3. The Labute approximate surface area is 205 Å². The summed E-state index contributed by atoms with van der Waals surface area (Å²) in [7, 11) is 3.34. The molecule has 2 aliphatic rings. The van der Waals surface area contributed by atoms with E-state index in [1.165, 1.54) is 20.9 Å². The van der Waals surface area contributed by atoms with Gasteiger partial charge in [0, 0.05) is 0 Å². The van der Waals surface area contributed by atoms with E-state index in [0.29, 0.717) is 4.67 Å². The van der Waals surface area contributed by atoms with Crippen LogP contribution in [-0.4, -0.2) is 56.0 Å². The molecule has 0 unspecified atom stereocenters. The molecule has 0 N–H and O–H groups in total.